The summed E-state index contributed by atoms with van der Waals surface area (Å²) in [5.41, 5.74) is 18.7. The monoisotopic (exact) mass is 1410 g/mol. The average Bonchev–Trinajstić information content (AvgIpc) is 0.777. The lowest BCUT2D eigenvalue weighted by Crippen LogP contribution is -2.45. The van der Waals surface area contributed by atoms with Crippen molar-refractivity contribution in [3.8, 4) is 34.5 Å². The van der Waals surface area contributed by atoms with Crippen LogP contribution in [0.15, 0.2) is 156 Å². The van der Waals surface area contributed by atoms with Gasteiger partial charge in [-0.15, -0.1) is 0 Å². The summed E-state index contributed by atoms with van der Waals surface area (Å²) in [6, 6.07) is 33.0. The lowest BCUT2D eigenvalue weighted by Gasteiger charge is -2.37. The summed E-state index contributed by atoms with van der Waals surface area (Å²) in [6.07, 6.45) is 14.1. The number of benzene rings is 6. The highest BCUT2D eigenvalue weighted by Gasteiger charge is 2.42. The van der Waals surface area contributed by atoms with Crippen LogP contribution in [0.3, 0.4) is 0 Å². The molecule has 2 heterocycles. The summed E-state index contributed by atoms with van der Waals surface area (Å²) in [5, 5.41) is 20.4. The molecule has 6 atom stereocenters. The van der Waals surface area contributed by atoms with E-state index < -0.39 is 24.1 Å². The molecule has 20 nitrogen and oxygen atoms in total. The standard InChI is InChI=1S/C74H80Cl4N8O12/c1-91-61-27-21-47(39-63(61)93-3)71-53-13-5-7-15-55(53)73(89)85(83-71)43-45-17-23-51(24-18-45)95-33-11-9-31-81-41-65(49-35-57(75)69(79)58(76)36-49)97-67(87)29-30-68(88)98-66(50-37-59(77)70(80)60(78)38-50)42-82-32-10-12-34-96-52-25-19-46(20-26-52)44-86-74(90)56-16-8-6-14-54(56)72(84-86)48-22-28-62(92-2)64(40-48)94-4/h5-8,17-30,35-40,53-56,65-66,81-82H,9-16,31-34,41-44,79-80H2,1-4H3/b30-29+/t53-,54-,55+,56+,65?,66?/m0/s1. The number of rotatable bonds is 32. The third-order valence-corrected chi connectivity index (χ3v) is 18.8. The number of nitrogens with two attached hydrogens (primary N) is 2. The number of esters is 2. The molecule has 6 N–H and O–H groups in total. The second-order valence-electron chi connectivity index (χ2n) is 24.0. The number of allylic oxidation sites excluding steroid dienone is 4. The van der Waals surface area contributed by atoms with Gasteiger partial charge in [0.2, 0.25) is 11.8 Å². The number of unbranched alkanes of at least 4 members (excludes halogenated alkanes) is 2. The maximum absolute atomic E-state index is 13.8. The highest BCUT2D eigenvalue weighted by molar-refractivity contribution is 6.39. The molecule has 516 valence electrons. The van der Waals surface area contributed by atoms with E-state index in [0.29, 0.717) is 124 Å². The number of nitrogens with one attached hydrogen (secondary N) is 2. The molecular formula is C74H80Cl4N8O12. The summed E-state index contributed by atoms with van der Waals surface area (Å²) >= 11 is 25.8. The van der Waals surface area contributed by atoms with Gasteiger partial charge in [0.25, 0.3) is 0 Å². The van der Waals surface area contributed by atoms with Crippen molar-refractivity contribution in [1.29, 1.82) is 0 Å². The van der Waals surface area contributed by atoms with E-state index in [0.717, 1.165) is 58.7 Å². The van der Waals surface area contributed by atoms with Gasteiger partial charge in [0.05, 0.1) is 109 Å². The van der Waals surface area contributed by atoms with Crippen molar-refractivity contribution in [2.24, 2.45) is 33.9 Å². The molecule has 4 aliphatic rings. The molecule has 0 bridgehead atoms. The number of methoxy groups -OCH3 is 4. The van der Waals surface area contributed by atoms with Crippen LogP contribution >= 0.6 is 46.4 Å². The molecule has 0 aromatic heterocycles. The number of amides is 2. The second-order valence-corrected chi connectivity index (χ2v) is 25.6. The van der Waals surface area contributed by atoms with Crippen molar-refractivity contribution in [2.75, 3.05) is 79.3 Å². The number of halogens is 4. The van der Waals surface area contributed by atoms with Crippen molar-refractivity contribution < 1.29 is 57.1 Å². The Morgan fingerprint density at radius 2 is 0.857 bits per heavy atom. The number of nitrogens with zero attached hydrogens (tertiary/aromatic N) is 4. The van der Waals surface area contributed by atoms with E-state index in [1.54, 1.807) is 62.7 Å². The van der Waals surface area contributed by atoms with Crippen LogP contribution in [0.4, 0.5) is 11.4 Å². The zero-order valence-electron chi connectivity index (χ0n) is 55.0. The first-order valence-corrected chi connectivity index (χ1v) is 34.0. The Labute approximate surface area is 590 Å². The average molecular weight is 1420 g/mol. The Balaban J connectivity index is 0.670. The summed E-state index contributed by atoms with van der Waals surface area (Å²) in [4.78, 5) is 54.6. The van der Waals surface area contributed by atoms with Gasteiger partial charge in [0, 0.05) is 48.2 Å². The normalized spacial score (nSPS) is 17.9. The Hall–Kier alpha value is -8.76. The number of hydrogen-bond acceptors (Lipinski definition) is 18. The van der Waals surface area contributed by atoms with Gasteiger partial charge in [0.1, 0.15) is 23.7 Å². The number of anilines is 2. The summed E-state index contributed by atoms with van der Waals surface area (Å²) in [5.74, 6) is 1.58. The molecule has 10 rings (SSSR count). The van der Waals surface area contributed by atoms with Crippen molar-refractivity contribution >= 4 is 93.0 Å². The zero-order chi connectivity index (χ0) is 69.2. The molecule has 2 aliphatic heterocycles. The number of hydrogen-bond donors (Lipinski definition) is 4. The number of nitrogen functional groups attached to an aromatic ring is 2. The minimum Gasteiger partial charge on any atom is -0.494 e. The molecule has 0 spiro atoms. The van der Waals surface area contributed by atoms with Crippen LogP contribution in [0.25, 0.3) is 0 Å². The Morgan fingerprint density at radius 3 is 1.21 bits per heavy atom. The SMILES string of the molecule is COc1ccc(C2=NN(Cc3ccc(OCCCCNCC(OC(=O)/C=C/C(=O)OC(CNCCCCOc4ccc(CN5N=C(c6ccc(OC)c(OC)c6)[C@H]6CC=CC[C@H]6C5=O)cc4)c4cc(Cl)c(N)c(Cl)c4)c4cc(Cl)c(N)c(Cl)c4)cc3)C(=O)[C@@H]3CC=CC[C@H]23)cc1OC. The number of carbonyl (C=O) groups is 4. The summed E-state index contributed by atoms with van der Waals surface area (Å²) in [6.45, 7) is 2.86. The first-order valence-electron chi connectivity index (χ1n) is 32.5. The van der Waals surface area contributed by atoms with Crippen molar-refractivity contribution in [2.45, 2.75) is 76.7 Å². The molecule has 98 heavy (non-hydrogen) atoms. The predicted molar refractivity (Wildman–Crippen MR) is 381 cm³/mol. The van der Waals surface area contributed by atoms with Gasteiger partial charge in [-0.1, -0.05) is 95.0 Å². The molecule has 2 unspecified atom stereocenters. The Kier molecular flexibility index (Phi) is 25.4. The van der Waals surface area contributed by atoms with Crippen LogP contribution in [-0.4, -0.2) is 113 Å². The number of carbonyl (C=O) groups excluding carboxylic acids is 4. The lowest BCUT2D eigenvalue weighted by atomic mass is 9.76. The molecule has 0 radical (unpaired) electrons. The smallest absolute Gasteiger partial charge is 0.331 e. The fraction of sp³-hybridized carbons (Fsp3) is 0.351. The Morgan fingerprint density at radius 1 is 0.500 bits per heavy atom. The van der Waals surface area contributed by atoms with E-state index in [-0.39, 0.29) is 80.0 Å². The van der Waals surface area contributed by atoms with E-state index in [1.807, 2.05) is 84.9 Å². The van der Waals surface area contributed by atoms with Gasteiger partial charge in [-0.3, -0.25) is 9.59 Å². The predicted octanol–water partition coefficient (Wildman–Crippen LogP) is 13.5. The van der Waals surface area contributed by atoms with Gasteiger partial charge < -0.3 is 60.0 Å². The van der Waals surface area contributed by atoms with Crippen LogP contribution in [0, 0.1) is 23.7 Å². The number of fused-ring (bicyclic) bond motifs is 2. The maximum Gasteiger partial charge on any atom is 0.331 e. The molecule has 2 amide bonds. The van der Waals surface area contributed by atoms with E-state index in [9.17, 15) is 19.2 Å². The molecule has 6 aromatic rings. The first-order chi connectivity index (χ1) is 47.5. The van der Waals surface area contributed by atoms with Gasteiger partial charge in [-0.2, -0.15) is 10.2 Å². The van der Waals surface area contributed by atoms with E-state index in [4.69, 9.17) is 106 Å². The largest absolute Gasteiger partial charge is 0.494 e. The molecule has 24 heteroatoms. The van der Waals surface area contributed by atoms with Gasteiger partial charge in [-0.05, 0) is 172 Å². The third kappa shape index (κ3) is 18.3. The van der Waals surface area contributed by atoms with E-state index >= 15 is 0 Å². The first kappa shape index (κ1) is 72.0. The van der Waals surface area contributed by atoms with Crippen LogP contribution in [0.2, 0.25) is 20.1 Å². The van der Waals surface area contributed by atoms with Gasteiger partial charge in [0.15, 0.2) is 23.0 Å². The number of hydrazone groups is 2. The lowest BCUT2D eigenvalue weighted by molar-refractivity contribution is -0.146. The van der Waals surface area contributed by atoms with Crippen LogP contribution < -0.4 is 50.5 Å². The van der Waals surface area contributed by atoms with Crippen LogP contribution in [-0.2, 0) is 41.7 Å². The quantitative estimate of drug-likeness (QED) is 0.0101. The van der Waals surface area contributed by atoms with E-state index in [2.05, 4.69) is 34.9 Å². The topological polar surface area (TPSA) is 249 Å². The molecule has 0 fully saturated rings. The molecule has 0 saturated carbocycles. The minimum absolute atomic E-state index is 0.00475. The fourth-order valence-corrected chi connectivity index (χ4v) is 13.2. The third-order valence-electron chi connectivity index (χ3n) is 17.5. The highest BCUT2D eigenvalue weighted by atomic mass is 35.5. The van der Waals surface area contributed by atoms with E-state index in [1.165, 1.54) is 0 Å². The summed E-state index contributed by atoms with van der Waals surface area (Å²) < 4.78 is 46.1. The Bertz CT molecular complexity index is 3680. The number of ether oxygens (including phenoxy) is 8. The van der Waals surface area contributed by atoms with Gasteiger partial charge in [-0.25, -0.2) is 19.6 Å². The van der Waals surface area contributed by atoms with Crippen LogP contribution in [0.5, 0.6) is 34.5 Å². The zero-order valence-corrected chi connectivity index (χ0v) is 58.0. The molecule has 2 aliphatic carbocycles. The second kappa shape index (κ2) is 34.6. The summed E-state index contributed by atoms with van der Waals surface area (Å²) in [7, 11) is 6.39. The molecule has 6 aromatic carbocycles. The van der Waals surface area contributed by atoms with Gasteiger partial charge >= 0.3 is 11.9 Å². The molecular weight excluding hydrogens is 1330 g/mol. The van der Waals surface area contributed by atoms with Crippen molar-refractivity contribution in [3.05, 3.63) is 199 Å². The minimum atomic E-state index is -0.895. The van der Waals surface area contributed by atoms with Crippen LogP contribution in [0.1, 0.15) is 97.0 Å². The fourth-order valence-electron chi connectivity index (χ4n) is 12.2. The highest BCUT2D eigenvalue weighted by Crippen LogP contribution is 2.41. The van der Waals surface area contributed by atoms with Crippen molar-refractivity contribution in [3.63, 3.8) is 0 Å². The molecule has 0 saturated heterocycles. The maximum atomic E-state index is 13.8. The van der Waals surface area contributed by atoms with Crippen molar-refractivity contribution in [1.82, 2.24) is 20.7 Å².